The van der Waals surface area contributed by atoms with Crippen LogP contribution in [0.15, 0.2) is 29.2 Å². The summed E-state index contributed by atoms with van der Waals surface area (Å²) in [5.74, 6) is 0.591. The van der Waals surface area contributed by atoms with Crippen LogP contribution in [0.2, 0.25) is 0 Å². The highest BCUT2D eigenvalue weighted by molar-refractivity contribution is 7.90. The van der Waals surface area contributed by atoms with E-state index in [1.165, 1.54) is 6.26 Å². The van der Waals surface area contributed by atoms with E-state index < -0.39 is 9.84 Å². The lowest BCUT2D eigenvalue weighted by Gasteiger charge is -2.19. The zero-order chi connectivity index (χ0) is 13.8. The van der Waals surface area contributed by atoms with Crippen LogP contribution >= 0.6 is 0 Å². The fraction of sp³-hybridized carbons (Fsp3) is 0.571. The molecule has 18 heavy (non-hydrogen) atoms. The molecule has 0 fully saturated rings. The van der Waals surface area contributed by atoms with Crippen molar-refractivity contribution in [2.45, 2.75) is 37.6 Å². The minimum absolute atomic E-state index is 0.313. The lowest BCUT2D eigenvalue weighted by molar-refractivity contribution is 0.439. The van der Waals surface area contributed by atoms with Gasteiger partial charge in [0.1, 0.15) is 0 Å². The third-order valence-corrected chi connectivity index (χ3v) is 4.20. The molecule has 1 rings (SSSR count). The highest BCUT2D eigenvalue weighted by Crippen LogP contribution is 2.19. The smallest absolute Gasteiger partial charge is 0.175 e. The minimum Gasteiger partial charge on any atom is -0.317 e. The van der Waals surface area contributed by atoms with Gasteiger partial charge in [-0.05, 0) is 37.4 Å². The molecule has 1 N–H and O–H groups in total. The summed E-state index contributed by atoms with van der Waals surface area (Å²) in [6.07, 6.45) is 3.05. The molecule has 0 amide bonds. The maximum atomic E-state index is 11.7. The first kappa shape index (κ1) is 15.2. The highest BCUT2D eigenvalue weighted by Gasteiger charge is 2.16. The maximum Gasteiger partial charge on any atom is 0.175 e. The number of sulfone groups is 1. The van der Waals surface area contributed by atoms with Crippen LogP contribution in [0.1, 0.15) is 25.8 Å². The van der Waals surface area contributed by atoms with Gasteiger partial charge in [-0.1, -0.05) is 32.0 Å². The molecule has 102 valence electrons. The molecule has 1 aromatic rings. The Balaban J connectivity index is 2.96. The monoisotopic (exact) mass is 269 g/mol. The number of nitrogens with one attached hydrogen (secondary N) is 1. The zero-order valence-electron chi connectivity index (χ0n) is 11.6. The summed E-state index contributed by atoms with van der Waals surface area (Å²) in [6, 6.07) is 7.57. The Labute approximate surface area is 111 Å². The second-order valence-corrected chi connectivity index (χ2v) is 7.18. The topological polar surface area (TPSA) is 46.2 Å². The van der Waals surface area contributed by atoms with Gasteiger partial charge in [0.2, 0.25) is 0 Å². The molecule has 0 heterocycles. The SMILES string of the molecule is CNC(Cc1ccccc1S(C)(=O)=O)CC(C)C. The molecule has 0 bridgehead atoms. The molecule has 1 aromatic carbocycles. The summed E-state index contributed by atoms with van der Waals surface area (Å²) in [5.41, 5.74) is 0.903. The Hall–Kier alpha value is -0.870. The molecule has 1 atom stereocenters. The van der Waals surface area contributed by atoms with Crippen molar-refractivity contribution in [3.05, 3.63) is 29.8 Å². The van der Waals surface area contributed by atoms with Crippen LogP contribution in [0, 0.1) is 5.92 Å². The van der Waals surface area contributed by atoms with Gasteiger partial charge in [0.25, 0.3) is 0 Å². The van der Waals surface area contributed by atoms with E-state index in [4.69, 9.17) is 0 Å². The van der Waals surface area contributed by atoms with Gasteiger partial charge < -0.3 is 5.32 Å². The molecule has 0 aliphatic heterocycles. The van der Waals surface area contributed by atoms with E-state index in [2.05, 4.69) is 19.2 Å². The van der Waals surface area contributed by atoms with Crippen molar-refractivity contribution in [3.8, 4) is 0 Å². The van der Waals surface area contributed by atoms with Crippen molar-refractivity contribution in [1.82, 2.24) is 5.32 Å². The second-order valence-electron chi connectivity index (χ2n) is 5.20. The number of hydrogen-bond acceptors (Lipinski definition) is 3. The molecule has 4 heteroatoms. The molecular formula is C14H23NO2S. The van der Waals surface area contributed by atoms with E-state index in [0.717, 1.165) is 18.4 Å². The Kier molecular flexibility index (Phi) is 5.35. The largest absolute Gasteiger partial charge is 0.317 e. The fourth-order valence-electron chi connectivity index (χ4n) is 2.17. The molecular weight excluding hydrogens is 246 g/mol. The van der Waals surface area contributed by atoms with Gasteiger partial charge in [0.15, 0.2) is 9.84 Å². The van der Waals surface area contributed by atoms with Crippen LogP contribution in [0.4, 0.5) is 0 Å². The quantitative estimate of drug-likeness (QED) is 0.861. The first-order valence-corrected chi connectivity index (χ1v) is 8.19. The van der Waals surface area contributed by atoms with Crippen molar-refractivity contribution in [1.29, 1.82) is 0 Å². The van der Waals surface area contributed by atoms with Crippen LogP contribution in [-0.4, -0.2) is 27.8 Å². The van der Waals surface area contributed by atoms with Crippen LogP contribution in [0.25, 0.3) is 0 Å². The third-order valence-electron chi connectivity index (χ3n) is 3.00. The molecule has 0 saturated heterocycles. The van der Waals surface area contributed by atoms with Crippen molar-refractivity contribution in [2.75, 3.05) is 13.3 Å². The van der Waals surface area contributed by atoms with Gasteiger partial charge in [0.05, 0.1) is 4.90 Å². The van der Waals surface area contributed by atoms with Crippen molar-refractivity contribution in [2.24, 2.45) is 5.92 Å². The van der Waals surface area contributed by atoms with Crippen molar-refractivity contribution < 1.29 is 8.42 Å². The summed E-state index contributed by atoms with van der Waals surface area (Å²) < 4.78 is 23.5. The molecule has 0 saturated carbocycles. The average molecular weight is 269 g/mol. The maximum absolute atomic E-state index is 11.7. The van der Waals surface area contributed by atoms with E-state index in [0.29, 0.717) is 16.9 Å². The van der Waals surface area contributed by atoms with Crippen LogP contribution in [0.3, 0.4) is 0 Å². The third kappa shape index (κ3) is 4.42. The Bertz CT molecular complexity index is 480. The van der Waals surface area contributed by atoms with Gasteiger partial charge in [-0.15, -0.1) is 0 Å². The number of rotatable bonds is 6. The minimum atomic E-state index is -3.14. The molecule has 3 nitrogen and oxygen atoms in total. The second kappa shape index (κ2) is 6.34. The number of hydrogen-bond donors (Lipinski definition) is 1. The lowest BCUT2D eigenvalue weighted by atomic mass is 9.97. The molecule has 0 radical (unpaired) electrons. The van der Waals surface area contributed by atoms with E-state index in [1.54, 1.807) is 12.1 Å². The molecule has 0 aliphatic carbocycles. The van der Waals surface area contributed by atoms with Crippen LogP contribution < -0.4 is 5.32 Å². The van der Waals surface area contributed by atoms with Crippen molar-refractivity contribution in [3.63, 3.8) is 0 Å². The Morgan fingerprint density at radius 1 is 1.22 bits per heavy atom. The van der Waals surface area contributed by atoms with Gasteiger partial charge in [-0.25, -0.2) is 8.42 Å². The normalized spacial score (nSPS) is 13.8. The van der Waals surface area contributed by atoms with Gasteiger partial charge in [0, 0.05) is 12.3 Å². The van der Waals surface area contributed by atoms with Gasteiger partial charge >= 0.3 is 0 Å². The van der Waals surface area contributed by atoms with Gasteiger partial charge in [-0.2, -0.15) is 0 Å². The number of benzene rings is 1. The molecule has 0 aromatic heterocycles. The zero-order valence-corrected chi connectivity index (χ0v) is 12.4. The van der Waals surface area contributed by atoms with E-state index in [-0.39, 0.29) is 0 Å². The van der Waals surface area contributed by atoms with E-state index in [9.17, 15) is 8.42 Å². The lowest BCUT2D eigenvalue weighted by Crippen LogP contribution is -2.29. The van der Waals surface area contributed by atoms with Crippen LogP contribution in [-0.2, 0) is 16.3 Å². The van der Waals surface area contributed by atoms with Crippen molar-refractivity contribution >= 4 is 9.84 Å². The summed E-state index contributed by atoms with van der Waals surface area (Å²) in [7, 11) is -1.22. The average Bonchev–Trinajstić information content (AvgIpc) is 2.26. The molecule has 0 spiro atoms. The summed E-state index contributed by atoms with van der Waals surface area (Å²) >= 11 is 0. The Morgan fingerprint density at radius 3 is 2.33 bits per heavy atom. The Morgan fingerprint density at radius 2 is 1.83 bits per heavy atom. The first-order chi connectivity index (χ1) is 8.34. The summed E-state index contributed by atoms with van der Waals surface area (Å²) in [4.78, 5) is 0.453. The van der Waals surface area contributed by atoms with Gasteiger partial charge in [-0.3, -0.25) is 0 Å². The summed E-state index contributed by atoms with van der Waals surface area (Å²) in [5, 5.41) is 3.27. The van der Waals surface area contributed by atoms with Crippen LogP contribution in [0.5, 0.6) is 0 Å². The van der Waals surface area contributed by atoms with E-state index in [1.807, 2.05) is 19.2 Å². The van der Waals surface area contributed by atoms with E-state index >= 15 is 0 Å². The predicted octanol–water partition coefficient (Wildman–Crippen LogP) is 2.27. The molecule has 1 unspecified atom stereocenters. The molecule has 0 aliphatic rings. The predicted molar refractivity (Wildman–Crippen MR) is 75.6 cm³/mol. The highest BCUT2D eigenvalue weighted by atomic mass is 32.2. The first-order valence-electron chi connectivity index (χ1n) is 6.29. The number of likely N-dealkylation sites (N-methyl/N-ethyl adjacent to an activating group) is 1. The fourth-order valence-corrected chi connectivity index (χ4v) is 3.13. The standard InChI is InChI=1S/C14H23NO2S/c1-11(2)9-13(15-3)10-12-7-5-6-8-14(12)18(4,16)17/h5-8,11,13,15H,9-10H2,1-4H3. The summed E-state index contributed by atoms with van der Waals surface area (Å²) in [6.45, 7) is 4.35.